The minimum absolute atomic E-state index is 0.237. The van der Waals surface area contributed by atoms with Crippen LogP contribution in [-0.2, 0) is 6.61 Å². The molecule has 21 heavy (non-hydrogen) atoms. The summed E-state index contributed by atoms with van der Waals surface area (Å²) in [5.74, 6) is 5.89. The molecule has 1 N–H and O–H groups in total. The van der Waals surface area contributed by atoms with Gasteiger partial charge >= 0.3 is 0 Å². The highest BCUT2D eigenvalue weighted by Crippen LogP contribution is 2.23. The second-order valence-electron chi connectivity index (χ2n) is 4.20. The van der Waals surface area contributed by atoms with Crippen molar-refractivity contribution >= 4 is 0 Å². The second kappa shape index (κ2) is 7.32. The molecule has 0 unspecified atom stereocenters. The Balaban J connectivity index is 2.21. The SMILES string of the molecule is COc1ccccc1COc1cc(F)ccc1C#CCO. The van der Waals surface area contributed by atoms with Gasteiger partial charge in [0.25, 0.3) is 0 Å². The fraction of sp³-hybridized carbons (Fsp3) is 0.176. The van der Waals surface area contributed by atoms with Crippen LogP contribution in [0.4, 0.5) is 4.39 Å². The molecule has 0 heterocycles. The van der Waals surface area contributed by atoms with Crippen LogP contribution in [0.3, 0.4) is 0 Å². The first-order chi connectivity index (χ1) is 10.2. The van der Waals surface area contributed by atoms with Crippen molar-refractivity contribution in [2.45, 2.75) is 6.61 Å². The second-order valence-corrected chi connectivity index (χ2v) is 4.20. The van der Waals surface area contributed by atoms with Gasteiger partial charge in [-0.3, -0.25) is 0 Å². The largest absolute Gasteiger partial charge is 0.496 e. The Morgan fingerprint density at radius 1 is 1.14 bits per heavy atom. The summed E-state index contributed by atoms with van der Waals surface area (Å²) in [6, 6.07) is 11.5. The van der Waals surface area contributed by atoms with Crippen molar-refractivity contribution in [2.24, 2.45) is 0 Å². The van der Waals surface area contributed by atoms with Crippen molar-refractivity contribution in [1.29, 1.82) is 0 Å². The van der Waals surface area contributed by atoms with E-state index in [1.54, 1.807) is 7.11 Å². The van der Waals surface area contributed by atoms with E-state index in [0.29, 0.717) is 17.1 Å². The number of para-hydroxylation sites is 1. The summed E-state index contributed by atoms with van der Waals surface area (Å²) in [5.41, 5.74) is 1.38. The summed E-state index contributed by atoms with van der Waals surface area (Å²) in [7, 11) is 1.58. The Kier molecular flexibility index (Phi) is 5.19. The molecule has 0 aromatic heterocycles. The number of hydrogen-bond donors (Lipinski definition) is 1. The lowest BCUT2D eigenvalue weighted by Crippen LogP contribution is -2.00. The van der Waals surface area contributed by atoms with Gasteiger partial charge < -0.3 is 14.6 Å². The fourth-order valence-electron chi connectivity index (χ4n) is 1.83. The number of aliphatic hydroxyl groups is 1. The molecular weight excluding hydrogens is 271 g/mol. The highest BCUT2D eigenvalue weighted by Gasteiger charge is 2.07. The van der Waals surface area contributed by atoms with Gasteiger partial charge in [0.15, 0.2) is 0 Å². The number of hydrogen-bond acceptors (Lipinski definition) is 3. The van der Waals surface area contributed by atoms with Gasteiger partial charge in [-0.25, -0.2) is 4.39 Å². The van der Waals surface area contributed by atoms with Crippen molar-refractivity contribution in [3.8, 4) is 23.3 Å². The lowest BCUT2D eigenvalue weighted by Gasteiger charge is -2.11. The molecule has 0 saturated carbocycles. The number of rotatable bonds is 4. The average molecular weight is 286 g/mol. The third-order valence-electron chi connectivity index (χ3n) is 2.82. The van der Waals surface area contributed by atoms with Crippen molar-refractivity contribution < 1.29 is 19.0 Å². The maximum atomic E-state index is 13.3. The third-order valence-corrected chi connectivity index (χ3v) is 2.82. The molecule has 2 rings (SSSR count). The van der Waals surface area contributed by atoms with Crippen LogP contribution in [0, 0.1) is 17.7 Å². The van der Waals surface area contributed by atoms with Crippen LogP contribution in [0.5, 0.6) is 11.5 Å². The lowest BCUT2D eigenvalue weighted by molar-refractivity contribution is 0.294. The molecule has 0 radical (unpaired) electrons. The molecule has 0 aliphatic carbocycles. The molecule has 0 aliphatic heterocycles. The van der Waals surface area contributed by atoms with Gasteiger partial charge in [-0.2, -0.15) is 0 Å². The van der Waals surface area contributed by atoms with Crippen LogP contribution < -0.4 is 9.47 Å². The van der Waals surface area contributed by atoms with Crippen LogP contribution in [0.15, 0.2) is 42.5 Å². The highest BCUT2D eigenvalue weighted by atomic mass is 19.1. The van der Waals surface area contributed by atoms with Crippen LogP contribution in [-0.4, -0.2) is 18.8 Å². The van der Waals surface area contributed by atoms with E-state index >= 15 is 0 Å². The molecule has 0 spiro atoms. The van der Waals surface area contributed by atoms with Gasteiger partial charge in [0, 0.05) is 11.6 Å². The minimum atomic E-state index is -0.403. The first-order valence-electron chi connectivity index (χ1n) is 6.38. The molecule has 0 amide bonds. The molecule has 3 nitrogen and oxygen atoms in total. The number of halogens is 1. The van der Waals surface area contributed by atoms with Crippen LogP contribution in [0.1, 0.15) is 11.1 Å². The molecule has 0 fully saturated rings. The maximum Gasteiger partial charge on any atom is 0.138 e. The predicted molar refractivity (Wildman–Crippen MR) is 77.7 cm³/mol. The number of aliphatic hydroxyl groups excluding tert-OH is 1. The van der Waals surface area contributed by atoms with E-state index in [9.17, 15) is 4.39 Å². The zero-order chi connectivity index (χ0) is 15.1. The summed E-state index contributed by atoms with van der Waals surface area (Å²) < 4.78 is 24.2. The topological polar surface area (TPSA) is 38.7 Å². The Morgan fingerprint density at radius 3 is 2.71 bits per heavy atom. The maximum absolute atomic E-state index is 13.3. The first kappa shape index (κ1) is 14.9. The fourth-order valence-corrected chi connectivity index (χ4v) is 1.83. The van der Waals surface area contributed by atoms with E-state index in [1.165, 1.54) is 18.2 Å². The summed E-state index contributed by atoms with van der Waals surface area (Å²) in [4.78, 5) is 0. The van der Waals surface area contributed by atoms with Crippen molar-refractivity contribution in [1.82, 2.24) is 0 Å². The first-order valence-corrected chi connectivity index (χ1v) is 6.38. The Labute approximate surface area is 122 Å². The van der Waals surface area contributed by atoms with Gasteiger partial charge in [0.1, 0.15) is 30.5 Å². The van der Waals surface area contributed by atoms with E-state index in [4.69, 9.17) is 14.6 Å². The summed E-state index contributed by atoms with van der Waals surface area (Å²) in [6.07, 6.45) is 0. The zero-order valence-electron chi connectivity index (χ0n) is 11.6. The quantitative estimate of drug-likeness (QED) is 0.878. The lowest BCUT2D eigenvalue weighted by atomic mass is 10.2. The summed E-state index contributed by atoms with van der Waals surface area (Å²) in [5, 5.41) is 8.74. The van der Waals surface area contributed by atoms with Gasteiger partial charge in [-0.05, 0) is 18.2 Å². The number of benzene rings is 2. The minimum Gasteiger partial charge on any atom is -0.496 e. The normalized spacial score (nSPS) is 9.67. The van der Waals surface area contributed by atoms with E-state index in [-0.39, 0.29) is 13.2 Å². The number of ether oxygens (including phenoxy) is 2. The molecule has 0 bridgehead atoms. The van der Waals surface area contributed by atoms with Crippen molar-refractivity contribution in [3.63, 3.8) is 0 Å². The monoisotopic (exact) mass is 286 g/mol. The highest BCUT2D eigenvalue weighted by molar-refractivity contribution is 5.46. The smallest absolute Gasteiger partial charge is 0.138 e. The van der Waals surface area contributed by atoms with E-state index in [0.717, 1.165) is 5.56 Å². The van der Waals surface area contributed by atoms with Gasteiger partial charge in [0.05, 0.1) is 12.7 Å². The van der Waals surface area contributed by atoms with E-state index < -0.39 is 5.82 Å². The standard InChI is InChI=1S/C17H15FO3/c1-20-16-7-3-2-5-14(16)12-21-17-11-15(18)9-8-13(17)6-4-10-19/h2-3,5,7-9,11,19H,10,12H2,1H3. The molecule has 0 saturated heterocycles. The van der Waals surface area contributed by atoms with Crippen molar-refractivity contribution in [2.75, 3.05) is 13.7 Å². The third kappa shape index (κ3) is 3.98. The molecule has 0 atom stereocenters. The molecule has 4 heteroatoms. The van der Waals surface area contributed by atoms with Crippen LogP contribution in [0.2, 0.25) is 0 Å². The molecule has 0 aliphatic rings. The average Bonchev–Trinajstić information content (AvgIpc) is 2.52. The Bertz CT molecular complexity index is 671. The van der Waals surface area contributed by atoms with Gasteiger partial charge in [0.2, 0.25) is 0 Å². The molecule has 2 aromatic rings. The van der Waals surface area contributed by atoms with Crippen LogP contribution >= 0.6 is 0 Å². The van der Waals surface area contributed by atoms with Gasteiger partial charge in [-0.15, -0.1) is 0 Å². The van der Waals surface area contributed by atoms with Crippen LogP contribution in [0.25, 0.3) is 0 Å². The summed E-state index contributed by atoms with van der Waals surface area (Å²) in [6.45, 7) is -0.0232. The molecular formula is C17H15FO3. The molecule has 2 aromatic carbocycles. The van der Waals surface area contributed by atoms with Gasteiger partial charge in [-0.1, -0.05) is 30.0 Å². The summed E-state index contributed by atoms with van der Waals surface area (Å²) >= 11 is 0. The van der Waals surface area contributed by atoms with Crippen molar-refractivity contribution in [3.05, 3.63) is 59.4 Å². The van der Waals surface area contributed by atoms with E-state index in [2.05, 4.69) is 11.8 Å². The zero-order valence-corrected chi connectivity index (χ0v) is 11.6. The Hall–Kier alpha value is -2.51. The molecule has 108 valence electrons. The van der Waals surface area contributed by atoms with E-state index in [1.807, 2.05) is 24.3 Å². The Morgan fingerprint density at radius 2 is 1.95 bits per heavy atom. The number of methoxy groups -OCH3 is 1. The predicted octanol–water partition coefficient (Wildman–Crippen LogP) is 2.76.